The molecule has 0 atom stereocenters. The average molecular weight is 190 g/mol. The van der Waals surface area contributed by atoms with E-state index in [4.69, 9.17) is 0 Å². The SMILES string of the molecule is C=Cc1c(F)c(F)c(C)c(F)c1F. The Morgan fingerprint density at radius 2 is 1.31 bits per heavy atom. The minimum atomic E-state index is -1.41. The standard InChI is InChI=1S/C9H6F4/c1-3-5-8(12)6(10)4(2)7(11)9(5)13/h3H,1H2,2H3. The minimum absolute atomic E-state index is 0.666. The van der Waals surface area contributed by atoms with Crippen LogP contribution >= 0.6 is 0 Å². The summed E-state index contributed by atoms with van der Waals surface area (Å²) in [7, 11) is 0. The third-order valence-electron chi connectivity index (χ3n) is 1.72. The van der Waals surface area contributed by atoms with Crippen LogP contribution in [0.2, 0.25) is 0 Å². The Hall–Kier alpha value is -1.32. The Balaban J connectivity index is 3.66. The van der Waals surface area contributed by atoms with Gasteiger partial charge < -0.3 is 0 Å². The van der Waals surface area contributed by atoms with Crippen molar-refractivity contribution in [1.29, 1.82) is 0 Å². The molecule has 0 saturated carbocycles. The molecule has 1 aromatic carbocycles. The maximum absolute atomic E-state index is 12.9. The second-order valence-corrected chi connectivity index (χ2v) is 2.50. The van der Waals surface area contributed by atoms with E-state index < -0.39 is 34.4 Å². The van der Waals surface area contributed by atoms with E-state index >= 15 is 0 Å². The van der Waals surface area contributed by atoms with Crippen LogP contribution in [-0.2, 0) is 0 Å². The lowest BCUT2D eigenvalue weighted by Gasteiger charge is -2.05. The number of benzene rings is 1. The number of rotatable bonds is 1. The van der Waals surface area contributed by atoms with Crippen molar-refractivity contribution in [2.24, 2.45) is 0 Å². The van der Waals surface area contributed by atoms with Crippen molar-refractivity contribution < 1.29 is 17.6 Å². The van der Waals surface area contributed by atoms with Crippen LogP contribution in [0.3, 0.4) is 0 Å². The van der Waals surface area contributed by atoms with Gasteiger partial charge in [-0.05, 0) is 6.92 Å². The number of hydrogen-bond acceptors (Lipinski definition) is 0. The van der Waals surface area contributed by atoms with Crippen LogP contribution in [0, 0.1) is 30.2 Å². The monoisotopic (exact) mass is 190 g/mol. The molecule has 0 radical (unpaired) electrons. The average Bonchev–Trinajstić information content (AvgIpc) is 2.13. The first-order chi connectivity index (χ1) is 6.00. The van der Waals surface area contributed by atoms with Crippen LogP contribution in [0.5, 0.6) is 0 Å². The lowest BCUT2D eigenvalue weighted by atomic mass is 10.1. The van der Waals surface area contributed by atoms with E-state index in [0.717, 1.165) is 13.0 Å². The molecule has 0 saturated heterocycles. The van der Waals surface area contributed by atoms with Gasteiger partial charge in [0.15, 0.2) is 23.3 Å². The number of hydrogen-bond donors (Lipinski definition) is 0. The summed E-state index contributed by atoms with van der Waals surface area (Å²) < 4.78 is 51.3. The van der Waals surface area contributed by atoms with Gasteiger partial charge in [-0.2, -0.15) is 0 Å². The molecule has 0 nitrogen and oxygen atoms in total. The Bertz CT molecular complexity index is 339. The van der Waals surface area contributed by atoms with Gasteiger partial charge in [-0.1, -0.05) is 12.7 Å². The zero-order valence-electron chi connectivity index (χ0n) is 6.80. The molecule has 0 heterocycles. The molecule has 1 rings (SSSR count). The Morgan fingerprint density at radius 1 is 0.923 bits per heavy atom. The van der Waals surface area contributed by atoms with Crippen LogP contribution < -0.4 is 0 Å². The summed E-state index contributed by atoms with van der Waals surface area (Å²) in [6, 6.07) is 0. The molecule has 0 aliphatic carbocycles. The molecule has 70 valence electrons. The van der Waals surface area contributed by atoms with E-state index in [1.165, 1.54) is 0 Å². The second kappa shape index (κ2) is 3.20. The van der Waals surface area contributed by atoms with Gasteiger partial charge in [0.2, 0.25) is 0 Å². The van der Waals surface area contributed by atoms with Crippen LogP contribution in [0.1, 0.15) is 11.1 Å². The highest BCUT2D eigenvalue weighted by atomic mass is 19.2. The van der Waals surface area contributed by atoms with E-state index in [2.05, 4.69) is 6.58 Å². The Kier molecular flexibility index (Phi) is 2.40. The molecule has 0 aliphatic rings. The summed E-state index contributed by atoms with van der Waals surface area (Å²) >= 11 is 0. The lowest BCUT2D eigenvalue weighted by molar-refractivity contribution is 0.442. The first-order valence-electron chi connectivity index (χ1n) is 3.45. The maximum atomic E-state index is 12.9. The molecule has 0 amide bonds. The maximum Gasteiger partial charge on any atom is 0.169 e. The molecule has 0 aromatic heterocycles. The topological polar surface area (TPSA) is 0 Å². The van der Waals surface area contributed by atoms with Crippen molar-refractivity contribution in [1.82, 2.24) is 0 Å². The van der Waals surface area contributed by atoms with Gasteiger partial charge in [0.1, 0.15) is 0 Å². The summed E-state index contributed by atoms with van der Waals surface area (Å²) in [5, 5.41) is 0. The molecule has 0 N–H and O–H groups in total. The van der Waals surface area contributed by atoms with E-state index in [0.29, 0.717) is 0 Å². The van der Waals surface area contributed by atoms with Crippen LogP contribution in [0.4, 0.5) is 17.6 Å². The predicted octanol–water partition coefficient (Wildman–Crippen LogP) is 3.19. The van der Waals surface area contributed by atoms with Gasteiger partial charge in [-0.25, -0.2) is 17.6 Å². The van der Waals surface area contributed by atoms with Gasteiger partial charge in [0, 0.05) is 5.56 Å². The van der Waals surface area contributed by atoms with Gasteiger partial charge in [-0.15, -0.1) is 0 Å². The second-order valence-electron chi connectivity index (χ2n) is 2.50. The quantitative estimate of drug-likeness (QED) is 0.471. The zero-order valence-corrected chi connectivity index (χ0v) is 6.80. The fourth-order valence-corrected chi connectivity index (χ4v) is 0.938. The van der Waals surface area contributed by atoms with Gasteiger partial charge >= 0.3 is 0 Å². The minimum Gasteiger partial charge on any atom is -0.203 e. The molecular weight excluding hydrogens is 184 g/mol. The summed E-state index contributed by atoms with van der Waals surface area (Å²) in [6.45, 7) is 4.01. The highest BCUT2D eigenvalue weighted by Gasteiger charge is 2.20. The summed E-state index contributed by atoms with van der Waals surface area (Å²) in [4.78, 5) is 0. The molecule has 4 heteroatoms. The van der Waals surface area contributed by atoms with Crippen molar-refractivity contribution in [3.05, 3.63) is 41.0 Å². The summed E-state index contributed by atoms with van der Waals surface area (Å²) in [5.41, 5.74) is -1.44. The summed E-state index contributed by atoms with van der Waals surface area (Å²) in [5.74, 6) is -5.58. The first kappa shape index (κ1) is 9.77. The van der Waals surface area contributed by atoms with E-state index in [1.54, 1.807) is 0 Å². The third kappa shape index (κ3) is 1.32. The highest BCUT2D eigenvalue weighted by Crippen LogP contribution is 2.23. The van der Waals surface area contributed by atoms with Crippen molar-refractivity contribution in [3.63, 3.8) is 0 Å². The molecule has 0 fully saturated rings. The van der Waals surface area contributed by atoms with Crippen molar-refractivity contribution >= 4 is 6.08 Å². The van der Waals surface area contributed by atoms with Gasteiger partial charge in [-0.3, -0.25) is 0 Å². The fourth-order valence-electron chi connectivity index (χ4n) is 0.938. The van der Waals surface area contributed by atoms with E-state index in [1.807, 2.05) is 0 Å². The van der Waals surface area contributed by atoms with Crippen LogP contribution in [0.15, 0.2) is 6.58 Å². The van der Waals surface area contributed by atoms with Gasteiger partial charge in [0.25, 0.3) is 0 Å². The van der Waals surface area contributed by atoms with Crippen molar-refractivity contribution in [2.45, 2.75) is 6.92 Å². The smallest absolute Gasteiger partial charge is 0.169 e. The third-order valence-corrected chi connectivity index (χ3v) is 1.72. The highest BCUT2D eigenvalue weighted by molar-refractivity contribution is 5.50. The Morgan fingerprint density at radius 3 is 1.62 bits per heavy atom. The van der Waals surface area contributed by atoms with Crippen LogP contribution in [0.25, 0.3) is 6.08 Å². The number of halogens is 4. The molecular formula is C9H6F4. The largest absolute Gasteiger partial charge is 0.203 e. The first-order valence-corrected chi connectivity index (χ1v) is 3.45. The van der Waals surface area contributed by atoms with Crippen molar-refractivity contribution in [2.75, 3.05) is 0 Å². The van der Waals surface area contributed by atoms with Gasteiger partial charge in [0.05, 0.1) is 5.56 Å². The fraction of sp³-hybridized carbons (Fsp3) is 0.111. The normalized spacial score (nSPS) is 10.2. The predicted molar refractivity (Wildman–Crippen MR) is 41.1 cm³/mol. The molecule has 0 bridgehead atoms. The lowest BCUT2D eigenvalue weighted by Crippen LogP contribution is -2.02. The van der Waals surface area contributed by atoms with Crippen molar-refractivity contribution in [3.8, 4) is 0 Å². The molecule has 1 aromatic rings. The van der Waals surface area contributed by atoms with Crippen LogP contribution in [-0.4, -0.2) is 0 Å². The van der Waals surface area contributed by atoms with E-state index in [9.17, 15) is 17.6 Å². The zero-order chi connectivity index (χ0) is 10.2. The molecule has 0 aliphatic heterocycles. The molecule has 0 spiro atoms. The molecule has 13 heavy (non-hydrogen) atoms. The Labute approximate surface area is 72.5 Å². The molecule has 0 unspecified atom stereocenters. The summed E-state index contributed by atoms with van der Waals surface area (Å²) in [6.07, 6.45) is 0.732. The van der Waals surface area contributed by atoms with E-state index in [-0.39, 0.29) is 0 Å².